The van der Waals surface area contributed by atoms with E-state index in [-0.39, 0.29) is 5.91 Å². The number of nitrogens with one attached hydrogen (secondary N) is 1. The summed E-state index contributed by atoms with van der Waals surface area (Å²) in [7, 11) is 1.65. The van der Waals surface area contributed by atoms with Crippen molar-refractivity contribution in [3.05, 3.63) is 12.2 Å². The predicted octanol–water partition coefficient (Wildman–Crippen LogP) is 0.774. The van der Waals surface area contributed by atoms with Gasteiger partial charge in [0.2, 0.25) is 5.91 Å². The maximum absolute atomic E-state index is 10.9. The zero-order valence-electron chi connectivity index (χ0n) is 8.75. The molecule has 0 aromatic heterocycles. The summed E-state index contributed by atoms with van der Waals surface area (Å²) in [5.41, 5.74) is 0.695. The van der Waals surface area contributed by atoms with Gasteiger partial charge in [-0.15, -0.1) is 0 Å². The van der Waals surface area contributed by atoms with Crippen LogP contribution in [-0.2, 0) is 4.79 Å². The quantitative estimate of drug-likeness (QED) is 0.673. The Balaban J connectivity index is 1.64. The molecule has 0 unspecified atom stereocenters. The molecule has 0 atom stereocenters. The number of likely N-dealkylation sites (tertiary alicyclic amines) is 1. The molecule has 1 amide bonds. The van der Waals surface area contributed by atoms with Crippen molar-refractivity contribution in [2.45, 2.75) is 19.3 Å². The van der Waals surface area contributed by atoms with Gasteiger partial charge < -0.3 is 5.32 Å². The Morgan fingerprint density at radius 3 is 2.71 bits per heavy atom. The molecule has 1 saturated heterocycles. The second-order valence-corrected chi connectivity index (χ2v) is 4.54. The van der Waals surface area contributed by atoms with E-state index in [1.807, 2.05) is 6.08 Å². The maximum Gasteiger partial charge on any atom is 0.243 e. The lowest BCUT2D eigenvalue weighted by atomic mass is 9.63. The normalized spacial score (nSPS) is 24.6. The van der Waals surface area contributed by atoms with Crippen molar-refractivity contribution in [1.82, 2.24) is 10.2 Å². The molecule has 2 aliphatic rings. The molecule has 1 heterocycles. The Hall–Kier alpha value is -0.830. The fourth-order valence-electron chi connectivity index (χ4n) is 2.42. The summed E-state index contributed by atoms with van der Waals surface area (Å²) >= 11 is 0. The van der Waals surface area contributed by atoms with E-state index < -0.39 is 0 Å². The third kappa shape index (κ3) is 1.82. The average molecular weight is 194 g/mol. The number of carbonyl (C=O) groups excluding carboxylic acids is 1. The second kappa shape index (κ2) is 3.73. The van der Waals surface area contributed by atoms with E-state index in [4.69, 9.17) is 0 Å². The monoisotopic (exact) mass is 194 g/mol. The Labute approximate surface area is 85.2 Å². The van der Waals surface area contributed by atoms with Gasteiger partial charge in [0.25, 0.3) is 0 Å². The van der Waals surface area contributed by atoms with Crippen molar-refractivity contribution in [2.24, 2.45) is 5.41 Å². The molecule has 78 valence electrons. The Kier molecular flexibility index (Phi) is 2.59. The molecule has 0 bridgehead atoms. The van der Waals surface area contributed by atoms with Gasteiger partial charge in [0, 0.05) is 32.8 Å². The van der Waals surface area contributed by atoms with E-state index >= 15 is 0 Å². The van der Waals surface area contributed by atoms with Crippen molar-refractivity contribution in [1.29, 1.82) is 0 Å². The third-order valence-electron chi connectivity index (χ3n) is 3.41. The van der Waals surface area contributed by atoms with Crippen molar-refractivity contribution in [2.75, 3.05) is 26.7 Å². The Bertz CT molecular complexity index is 248. The summed E-state index contributed by atoms with van der Waals surface area (Å²) < 4.78 is 0. The smallest absolute Gasteiger partial charge is 0.243 e. The highest BCUT2D eigenvalue weighted by molar-refractivity contribution is 5.87. The average Bonchev–Trinajstić information content (AvgIpc) is 2.05. The van der Waals surface area contributed by atoms with Gasteiger partial charge in [-0.05, 0) is 18.3 Å². The summed E-state index contributed by atoms with van der Waals surface area (Å²) in [5, 5.41) is 2.57. The molecule has 1 spiro atoms. The SMILES string of the molecule is CNC(=O)/C=C/CN1CC2(CCC2)C1. The first-order valence-corrected chi connectivity index (χ1v) is 5.35. The van der Waals surface area contributed by atoms with Crippen LogP contribution in [0.2, 0.25) is 0 Å². The van der Waals surface area contributed by atoms with Crippen LogP contribution in [0.25, 0.3) is 0 Å². The molecule has 2 fully saturated rings. The lowest BCUT2D eigenvalue weighted by molar-refractivity contribution is -0.116. The lowest BCUT2D eigenvalue weighted by Gasteiger charge is -2.56. The van der Waals surface area contributed by atoms with Gasteiger partial charge in [0.1, 0.15) is 0 Å². The molecule has 14 heavy (non-hydrogen) atoms. The first-order valence-electron chi connectivity index (χ1n) is 5.35. The highest BCUT2D eigenvalue weighted by Gasteiger charge is 2.46. The number of amides is 1. The molecule has 2 rings (SSSR count). The molecular weight excluding hydrogens is 176 g/mol. The Morgan fingerprint density at radius 1 is 1.50 bits per heavy atom. The largest absolute Gasteiger partial charge is 0.356 e. The predicted molar refractivity (Wildman–Crippen MR) is 55.9 cm³/mol. The summed E-state index contributed by atoms with van der Waals surface area (Å²) in [6.07, 6.45) is 7.82. The van der Waals surface area contributed by atoms with Gasteiger partial charge in [-0.3, -0.25) is 9.69 Å². The van der Waals surface area contributed by atoms with Gasteiger partial charge >= 0.3 is 0 Å². The standard InChI is InChI=1S/C11H18N2O/c1-12-10(14)4-2-7-13-8-11(9-13)5-3-6-11/h2,4H,3,5-9H2,1H3,(H,12,14)/b4-2+. The number of carbonyl (C=O) groups is 1. The fraction of sp³-hybridized carbons (Fsp3) is 0.727. The van der Waals surface area contributed by atoms with Crippen LogP contribution in [0.3, 0.4) is 0 Å². The van der Waals surface area contributed by atoms with Crippen LogP contribution < -0.4 is 5.32 Å². The van der Waals surface area contributed by atoms with E-state index in [2.05, 4.69) is 10.2 Å². The summed E-state index contributed by atoms with van der Waals surface area (Å²) in [5.74, 6) is -0.0103. The van der Waals surface area contributed by atoms with E-state index in [9.17, 15) is 4.79 Å². The van der Waals surface area contributed by atoms with Crippen LogP contribution in [0, 0.1) is 5.41 Å². The molecule has 3 nitrogen and oxygen atoms in total. The van der Waals surface area contributed by atoms with Crippen LogP contribution in [0.5, 0.6) is 0 Å². The van der Waals surface area contributed by atoms with Gasteiger partial charge in [0.15, 0.2) is 0 Å². The fourth-order valence-corrected chi connectivity index (χ4v) is 2.42. The molecule has 0 aromatic rings. The summed E-state index contributed by atoms with van der Waals surface area (Å²) in [6, 6.07) is 0. The number of likely N-dealkylation sites (N-methyl/N-ethyl adjacent to an activating group) is 1. The van der Waals surface area contributed by atoms with Crippen LogP contribution in [0.1, 0.15) is 19.3 Å². The minimum absolute atomic E-state index is 0.0103. The van der Waals surface area contributed by atoms with Crippen molar-refractivity contribution < 1.29 is 4.79 Å². The molecule has 3 heteroatoms. The highest BCUT2D eigenvalue weighted by atomic mass is 16.1. The molecule has 0 radical (unpaired) electrons. The first-order chi connectivity index (χ1) is 6.74. The van der Waals surface area contributed by atoms with Crippen molar-refractivity contribution in [3.63, 3.8) is 0 Å². The van der Waals surface area contributed by atoms with E-state index in [1.165, 1.54) is 32.4 Å². The molecule has 1 aliphatic heterocycles. The van der Waals surface area contributed by atoms with Gasteiger partial charge in [-0.2, -0.15) is 0 Å². The van der Waals surface area contributed by atoms with Gasteiger partial charge in [-0.25, -0.2) is 0 Å². The number of hydrogen-bond acceptors (Lipinski definition) is 2. The van der Waals surface area contributed by atoms with E-state index in [0.29, 0.717) is 5.41 Å². The van der Waals surface area contributed by atoms with Gasteiger partial charge in [-0.1, -0.05) is 12.5 Å². The number of rotatable bonds is 3. The highest BCUT2D eigenvalue weighted by Crippen LogP contribution is 2.47. The molecule has 0 aromatic carbocycles. The zero-order chi connectivity index (χ0) is 10.0. The topological polar surface area (TPSA) is 32.3 Å². The zero-order valence-corrected chi connectivity index (χ0v) is 8.75. The first kappa shape index (κ1) is 9.71. The van der Waals surface area contributed by atoms with Gasteiger partial charge in [0.05, 0.1) is 0 Å². The molecule has 1 aliphatic carbocycles. The van der Waals surface area contributed by atoms with Crippen LogP contribution in [0.4, 0.5) is 0 Å². The van der Waals surface area contributed by atoms with E-state index in [0.717, 1.165) is 6.54 Å². The molecular formula is C11H18N2O. The van der Waals surface area contributed by atoms with Crippen LogP contribution in [-0.4, -0.2) is 37.5 Å². The van der Waals surface area contributed by atoms with Crippen molar-refractivity contribution >= 4 is 5.91 Å². The third-order valence-corrected chi connectivity index (χ3v) is 3.41. The second-order valence-electron chi connectivity index (χ2n) is 4.54. The maximum atomic E-state index is 10.9. The number of hydrogen-bond donors (Lipinski definition) is 1. The summed E-state index contributed by atoms with van der Waals surface area (Å²) in [6.45, 7) is 3.41. The Morgan fingerprint density at radius 2 is 2.21 bits per heavy atom. The summed E-state index contributed by atoms with van der Waals surface area (Å²) in [4.78, 5) is 13.3. The minimum Gasteiger partial charge on any atom is -0.356 e. The lowest BCUT2D eigenvalue weighted by Crippen LogP contribution is -2.59. The van der Waals surface area contributed by atoms with E-state index in [1.54, 1.807) is 13.1 Å². The van der Waals surface area contributed by atoms with Crippen LogP contribution >= 0.6 is 0 Å². The molecule has 1 N–H and O–H groups in total. The minimum atomic E-state index is -0.0103. The molecule has 1 saturated carbocycles. The van der Waals surface area contributed by atoms with Crippen LogP contribution in [0.15, 0.2) is 12.2 Å². The van der Waals surface area contributed by atoms with Crippen molar-refractivity contribution in [3.8, 4) is 0 Å². The number of nitrogens with zero attached hydrogens (tertiary/aromatic N) is 1.